The van der Waals surface area contributed by atoms with Crippen LogP contribution in [0.4, 0.5) is 0 Å². The molecule has 1 heterocycles. The van der Waals surface area contributed by atoms with Crippen LogP contribution in [0.3, 0.4) is 0 Å². The van der Waals surface area contributed by atoms with Gasteiger partial charge in [-0.2, -0.15) is 0 Å². The molecule has 4 rings (SSSR count). The first-order valence-electron chi connectivity index (χ1n) is 8.96. The van der Waals surface area contributed by atoms with Gasteiger partial charge in [0.2, 0.25) is 10.0 Å². The fraction of sp³-hybridized carbons (Fsp3) is 0.238. The number of aliphatic hydroxyl groups excluding tert-OH is 1. The van der Waals surface area contributed by atoms with Gasteiger partial charge in [0.15, 0.2) is 0 Å². The van der Waals surface area contributed by atoms with Crippen molar-refractivity contribution in [3.05, 3.63) is 71.8 Å². The average Bonchev–Trinajstić information content (AvgIpc) is 3.15. The predicted molar refractivity (Wildman–Crippen MR) is 104 cm³/mol. The molecule has 0 aliphatic carbocycles. The van der Waals surface area contributed by atoms with Gasteiger partial charge in [-0.15, -0.1) is 0 Å². The minimum Gasteiger partial charge on any atom is -0.493 e. The zero-order valence-corrected chi connectivity index (χ0v) is 15.6. The van der Waals surface area contributed by atoms with Crippen molar-refractivity contribution < 1.29 is 18.3 Å². The number of hydrogen-bond donors (Lipinski definition) is 2. The van der Waals surface area contributed by atoms with Crippen molar-refractivity contribution in [2.75, 3.05) is 13.2 Å². The molecule has 6 heteroatoms. The molecule has 3 aromatic rings. The zero-order valence-electron chi connectivity index (χ0n) is 14.8. The molecule has 2 N–H and O–H groups in total. The van der Waals surface area contributed by atoms with Crippen molar-refractivity contribution in [2.24, 2.45) is 0 Å². The number of aliphatic hydroxyl groups is 1. The maximum absolute atomic E-state index is 12.5. The van der Waals surface area contributed by atoms with E-state index in [4.69, 9.17) is 4.74 Å². The molecule has 0 aromatic heterocycles. The first-order chi connectivity index (χ1) is 13.0. The standard InChI is InChI=1S/C21H21NO4S/c23-20(19-7-3-5-15-4-1-2-6-18(15)19)10-12-22-27(24,25)17-8-9-21-16(14-17)11-13-26-21/h1-9,14,20,22-23H,10-13H2/t20-/m0/s1. The van der Waals surface area contributed by atoms with Gasteiger partial charge in [0.05, 0.1) is 17.6 Å². The van der Waals surface area contributed by atoms with Gasteiger partial charge in [0.1, 0.15) is 5.75 Å². The Balaban J connectivity index is 1.44. The Morgan fingerprint density at radius 1 is 1.07 bits per heavy atom. The van der Waals surface area contributed by atoms with Crippen LogP contribution in [0.15, 0.2) is 65.6 Å². The summed E-state index contributed by atoms with van der Waals surface area (Å²) < 4.78 is 33.1. The van der Waals surface area contributed by atoms with Gasteiger partial charge in [-0.1, -0.05) is 42.5 Å². The molecule has 0 saturated heterocycles. The van der Waals surface area contributed by atoms with Crippen molar-refractivity contribution >= 4 is 20.8 Å². The largest absolute Gasteiger partial charge is 0.493 e. The van der Waals surface area contributed by atoms with Gasteiger partial charge in [-0.25, -0.2) is 13.1 Å². The molecule has 0 saturated carbocycles. The van der Waals surface area contributed by atoms with Gasteiger partial charge in [-0.3, -0.25) is 0 Å². The summed E-state index contributed by atoms with van der Waals surface area (Å²) in [6.07, 6.45) is 0.270. The number of sulfonamides is 1. The second-order valence-corrected chi connectivity index (χ2v) is 8.41. The van der Waals surface area contributed by atoms with Crippen LogP contribution >= 0.6 is 0 Å². The minimum atomic E-state index is -3.62. The molecule has 0 bridgehead atoms. The van der Waals surface area contributed by atoms with E-state index < -0.39 is 16.1 Å². The summed E-state index contributed by atoms with van der Waals surface area (Å²) in [5.74, 6) is 0.750. The first kappa shape index (κ1) is 18.0. The summed E-state index contributed by atoms with van der Waals surface area (Å²) in [4.78, 5) is 0.228. The SMILES string of the molecule is O=S(=O)(NCC[C@H](O)c1cccc2ccccc12)c1ccc2c(c1)CCO2. The molecule has 3 aromatic carbocycles. The summed E-state index contributed by atoms with van der Waals surface area (Å²) in [6.45, 7) is 0.740. The molecule has 1 aliphatic heterocycles. The molecule has 0 fully saturated rings. The van der Waals surface area contributed by atoms with Gasteiger partial charge < -0.3 is 9.84 Å². The van der Waals surface area contributed by atoms with E-state index in [1.54, 1.807) is 18.2 Å². The van der Waals surface area contributed by atoms with E-state index in [1.807, 2.05) is 42.5 Å². The highest BCUT2D eigenvalue weighted by atomic mass is 32.2. The van der Waals surface area contributed by atoms with Crippen LogP contribution in [0, 0.1) is 0 Å². The highest BCUT2D eigenvalue weighted by molar-refractivity contribution is 7.89. The Labute approximate surface area is 158 Å². The monoisotopic (exact) mass is 383 g/mol. The molecule has 0 radical (unpaired) electrons. The third kappa shape index (κ3) is 3.69. The van der Waals surface area contributed by atoms with Crippen molar-refractivity contribution in [3.63, 3.8) is 0 Å². The van der Waals surface area contributed by atoms with Crippen LogP contribution in [0.5, 0.6) is 5.75 Å². The minimum absolute atomic E-state index is 0.153. The Kier molecular flexibility index (Phi) is 4.86. The molecule has 1 aliphatic rings. The molecule has 140 valence electrons. The van der Waals surface area contributed by atoms with Crippen LogP contribution in [-0.2, 0) is 16.4 Å². The quantitative estimate of drug-likeness (QED) is 0.686. The number of rotatable bonds is 6. The lowest BCUT2D eigenvalue weighted by atomic mass is 9.99. The van der Waals surface area contributed by atoms with E-state index in [1.165, 1.54) is 0 Å². The number of nitrogens with one attached hydrogen (secondary N) is 1. The van der Waals surface area contributed by atoms with Crippen LogP contribution < -0.4 is 9.46 Å². The third-order valence-corrected chi connectivity index (χ3v) is 6.32. The summed E-state index contributed by atoms with van der Waals surface area (Å²) >= 11 is 0. The molecular weight excluding hydrogens is 362 g/mol. The van der Waals surface area contributed by atoms with E-state index in [2.05, 4.69) is 4.72 Å². The molecule has 0 unspecified atom stereocenters. The Bertz CT molecular complexity index is 1070. The van der Waals surface area contributed by atoms with Gasteiger partial charge in [0.25, 0.3) is 0 Å². The molecule has 5 nitrogen and oxygen atoms in total. The molecule has 0 amide bonds. The van der Waals surface area contributed by atoms with Gasteiger partial charge in [-0.05, 0) is 46.5 Å². The number of benzene rings is 3. The lowest BCUT2D eigenvalue weighted by Gasteiger charge is -2.14. The van der Waals surface area contributed by atoms with Crippen molar-refractivity contribution in [1.82, 2.24) is 4.72 Å². The summed E-state index contributed by atoms with van der Waals surface area (Å²) in [5, 5.41) is 12.6. The summed E-state index contributed by atoms with van der Waals surface area (Å²) in [6, 6.07) is 18.5. The van der Waals surface area contributed by atoms with E-state index in [9.17, 15) is 13.5 Å². The zero-order chi connectivity index (χ0) is 18.9. The van der Waals surface area contributed by atoms with E-state index in [0.717, 1.165) is 34.1 Å². The predicted octanol–water partition coefficient (Wildman–Crippen LogP) is 3.18. The van der Waals surface area contributed by atoms with E-state index in [0.29, 0.717) is 13.0 Å². The third-order valence-electron chi connectivity index (χ3n) is 4.86. The molecule has 27 heavy (non-hydrogen) atoms. The fourth-order valence-corrected chi connectivity index (χ4v) is 4.54. The Hall–Kier alpha value is -2.41. The number of fused-ring (bicyclic) bond motifs is 2. The average molecular weight is 383 g/mol. The second-order valence-electron chi connectivity index (χ2n) is 6.64. The van der Waals surface area contributed by atoms with Crippen molar-refractivity contribution in [1.29, 1.82) is 0 Å². The molecular formula is C21H21NO4S. The van der Waals surface area contributed by atoms with E-state index >= 15 is 0 Å². The number of ether oxygens (including phenoxy) is 1. The maximum Gasteiger partial charge on any atom is 0.240 e. The maximum atomic E-state index is 12.5. The Morgan fingerprint density at radius 2 is 1.89 bits per heavy atom. The summed E-state index contributed by atoms with van der Waals surface area (Å²) in [5.41, 5.74) is 1.72. The highest BCUT2D eigenvalue weighted by Crippen LogP contribution is 2.28. The van der Waals surface area contributed by atoms with Crippen molar-refractivity contribution in [3.8, 4) is 5.75 Å². The molecule has 0 spiro atoms. The summed E-state index contributed by atoms with van der Waals surface area (Å²) in [7, 11) is -3.62. The van der Waals surface area contributed by atoms with Crippen LogP contribution in [-0.4, -0.2) is 26.7 Å². The van der Waals surface area contributed by atoms with Crippen LogP contribution in [0.25, 0.3) is 10.8 Å². The first-order valence-corrected chi connectivity index (χ1v) is 10.4. The highest BCUT2D eigenvalue weighted by Gasteiger charge is 2.20. The van der Waals surface area contributed by atoms with Gasteiger partial charge in [0, 0.05) is 13.0 Å². The molecule has 1 atom stereocenters. The van der Waals surface area contributed by atoms with Crippen LogP contribution in [0.1, 0.15) is 23.7 Å². The van der Waals surface area contributed by atoms with Gasteiger partial charge >= 0.3 is 0 Å². The topological polar surface area (TPSA) is 75.6 Å². The van der Waals surface area contributed by atoms with E-state index in [-0.39, 0.29) is 11.4 Å². The second kappa shape index (κ2) is 7.31. The fourth-order valence-electron chi connectivity index (χ4n) is 3.44. The van der Waals surface area contributed by atoms with Crippen molar-refractivity contribution in [2.45, 2.75) is 23.8 Å². The van der Waals surface area contributed by atoms with Crippen LogP contribution in [0.2, 0.25) is 0 Å². The smallest absolute Gasteiger partial charge is 0.240 e. The Morgan fingerprint density at radius 3 is 2.78 bits per heavy atom. The lowest BCUT2D eigenvalue weighted by molar-refractivity contribution is 0.170. The normalized spacial score (nSPS) is 14.7. The lowest BCUT2D eigenvalue weighted by Crippen LogP contribution is -2.26. The number of hydrogen-bond acceptors (Lipinski definition) is 4.